The Morgan fingerprint density at radius 3 is 2.57 bits per heavy atom. The summed E-state index contributed by atoms with van der Waals surface area (Å²) < 4.78 is 0. The number of aryl methyl sites for hydroxylation is 1. The second kappa shape index (κ2) is 5.73. The third-order valence-corrected chi connectivity index (χ3v) is 5.86. The van der Waals surface area contributed by atoms with E-state index in [1.165, 1.54) is 22.6 Å². The Kier molecular flexibility index (Phi) is 4.10. The lowest BCUT2D eigenvalue weighted by Crippen LogP contribution is -2.36. The average Bonchev–Trinajstić information content (AvgIpc) is 3.12. The molecule has 3 unspecified atom stereocenters. The number of carbonyl (C=O) groups excluding carboxylic acids is 1. The van der Waals surface area contributed by atoms with E-state index in [-0.39, 0.29) is 18.1 Å². The van der Waals surface area contributed by atoms with Gasteiger partial charge in [-0.05, 0) is 49.7 Å². The molecule has 1 amide bonds. The summed E-state index contributed by atoms with van der Waals surface area (Å²) >= 11 is 1.80. The zero-order chi connectivity index (χ0) is 15.1. The Labute approximate surface area is 131 Å². The zero-order valence-corrected chi connectivity index (χ0v) is 14.2. The molecule has 0 radical (unpaired) electrons. The third kappa shape index (κ3) is 3.02. The normalized spacial score (nSPS) is 27.7. The van der Waals surface area contributed by atoms with Crippen molar-refractivity contribution in [2.75, 3.05) is 6.54 Å². The molecule has 1 aliphatic heterocycles. The van der Waals surface area contributed by atoms with E-state index in [0.29, 0.717) is 11.8 Å². The third-order valence-electron chi connectivity index (χ3n) is 4.81. The first kappa shape index (κ1) is 15.0. The van der Waals surface area contributed by atoms with Crippen molar-refractivity contribution in [3.8, 4) is 0 Å². The van der Waals surface area contributed by atoms with E-state index >= 15 is 0 Å². The number of hydrogen-bond acceptors (Lipinski definition) is 3. The number of nitrogens with one attached hydrogen (secondary N) is 1. The van der Waals surface area contributed by atoms with E-state index in [1.54, 1.807) is 11.3 Å². The first-order chi connectivity index (χ1) is 9.97. The fraction of sp³-hybridized carbons (Fsp3) is 0.706. The van der Waals surface area contributed by atoms with Crippen molar-refractivity contribution >= 4 is 17.2 Å². The second-order valence-electron chi connectivity index (χ2n) is 7.04. The van der Waals surface area contributed by atoms with Gasteiger partial charge in [-0.1, -0.05) is 20.8 Å². The van der Waals surface area contributed by atoms with Crippen molar-refractivity contribution in [3.63, 3.8) is 0 Å². The summed E-state index contributed by atoms with van der Waals surface area (Å²) in [4.78, 5) is 17.5. The van der Waals surface area contributed by atoms with Crippen LogP contribution in [0.2, 0.25) is 0 Å². The molecule has 0 bridgehead atoms. The van der Waals surface area contributed by atoms with E-state index in [2.05, 4.69) is 50.0 Å². The first-order valence-electron chi connectivity index (χ1n) is 8.10. The summed E-state index contributed by atoms with van der Waals surface area (Å²) in [5.74, 6) is 2.07. The number of nitrogens with zero attached hydrogens (tertiary/aromatic N) is 1. The summed E-state index contributed by atoms with van der Waals surface area (Å²) in [5.41, 5.74) is 0. The van der Waals surface area contributed by atoms with Crippen LogP contribution in [0, 0.1) is 24.7 Å². The fourth-order valence-corrected chi connectivity index (χ4v) is 4.22. The van der Waals surface area contributed by atoms with Crippen LogP contribution in [0.5, 0.6) is 0 Å². The van der Waals surface area contributed by atoms with Crippen LogP contribution in [0.1, 0.15) is 49.5 Å². The summed E-state index contributed by atoms with van der Waals surface area (Å²) in [6.07, 6.45) is 2.75. The topological polar surface area (TPSA) is 32.3 Å². The van der Waals surface area contributed by atoms with Gasteiger partial charge in [-0.2, -0.15) is 0 Å². The second-order valence-corrected chi connectivity index (χ2v) is 8.36. The van der Waals surface area contributed by atoms with Crippen molar-refractivity contribution in [1.82, 2.24) is 10.2 Å². The van der Waals surface area contributed by atoms with Gasteiger partial charge in [0.2, 0.25) is 5.91 Å². The smallest absolute Gasteiger partial charge is 0.241 e. The molecule has 3 atom stereocenters. The lowest BCUT2D eigenvalue weighted by Gasteiger charge is -2.26. The summed E-state index contributed by atoms with van der Waals surface area (Å²) in [5, 5.41) is 3.57. The standard InChI is InChI=1S/C17H26N2OS/c1-10(2)15-17(20)19(9-11(3)13-6-7-13)16(18-15)14-8-5-12(4)21-14/h5,8,10-11,13,15-16,18H,6-7,9H2,1-4H3. The van der Waals surface area contributed by atoms with Gasteiger partial charge in [0.25, 0.3) is 0 Å². The van der Waals surface area contributed by atoms with E-state index in [9.17, 15) is 4.79 Å². The van der Waals surface area contributed by atoms with Crippen LogP contribution in [-0.4, -0.2) is 23.4 Å². The summed E-state index contributed by atoms with van der Waals surface area (Å²) in [7, 11) is 0. The zero-order valence-electron chi connectivity index (χ0n) is 13.4. The predicted molar refractivity (Wildman–Crippen MR) is 87.2 cm³/mol. The number of thiophene rings is 1. The number of hydrogen-bond donors (Lipinski definition) is 1. The van der Waals surface area contributed by atoms with E-state index < -0.39 is 0 Å². The van der Waals surface area contributed by atoms with Crippen LogP contribution in [-0.2, 0) is 4.79 Å². The van der Waals surface area contributed by atoms with Gasteiger partial charge in [-0.25, -0.2) is 0 Å². The SMILES string of the molecule is Cc1ccc(C2NC(C(C)C)C(=O)N2CC(C)C2CC2)s1. The molecule has 21 heavy (non-hydrogen) atoms. The van der Waals surface area contributed by atoms with Crippen molar-refractivity contribution in [2.24, 2.45) is 17.8 Å². The molecule has 1 aromatic heterocycles. The molecule has 0 spiro atoms. The van der Waals surface area contributed by atoms with Gasteiger partial charge in [-0.3, -0.25) is 10.1 Å². The lowest BCUT2D eigenvalue weighted by molar-refractivity contribution is -0.131. The number of amides is 1. The van der Waals surface area contributed by atoms with Gasteiger partial charge < -0.3 is 4.90 Å². The quantitative estimate of drug-likeness (QED) is 0.902. The molecule has 2 aliphatic rings. The molecule has 1 saturated heterocycles. The molecule has 2 heterocycles. The van der Waals surface area contributed by atoms with E-state index in [0.717, 1.165) is 12.5 Å². The van der Waals surface area contributed by atoms with E-state index in [1.807, 2.05) is 0 Å². The molecule has 116 valence electrons. The Bertz CT molecular complexity index is 521. The van der Waals surface area contributed by atoms with Crippen molar-refractivity contribution in [2.45, 2.75) is 52.7 Å². The maximum Gasteiger partial charge on any atom is 0.241 e. The highest BCUT2D eigenvalue weighted by molar-refractivity contribution is 7.12. The minimum absolute atomic E-state index is 0.0381. The van der Waals surface area contributed by atoms with Crippen LogP contribution in [0.4, 0.5) is 0 Å². The monoisotopic (exact) mass is 306 g/mol. The summed E-state index contributed by atoms with van der Waals surface area (Å²) in [6, 6.07) is 4.28. The molecule has 1 saturated carbocycles. The highest BCUT2D eigenvalue weighted by atomic mass is 32.1. The highest BCUT2D eigenvalue weighted by Crippen LogP contribution is 2.39. The lowest BCUT2D eigenvalue weighted by atomic mass is 10.0. The largest absolute Gasteiger partial charge is 0.320 e. The molecule has 1 aliphatic carbocycles. The highest BCUT2D eigenvalue weighted by Gasteiger charge is 2.43. The van der Waals surface area contributed by atoms with Gasteiger partial charge in [0, 0.05) is 16.3 Å². The molecule has 0 aromatic carbocycles. The maximum absolute atomic E-state index is 12.8. The van der Waals surface area contributed by atoms with Gasteiger partial charge in [0.05, 0.1) is 6.04 Å². The minimum atomic E-state index is -0.0381. The first-order valence-corrected chi connectivity index (χ1v) is 8.92. The Morgan fingerprint density at radius 1 is 1.33 bits per heavy atom. The van der Waals surface area contributed by atoms with Gasteiger partial charge >= 0.3 is 0 Å². The maximum atomic E-state index is 12.8. The number of carbonyl (C=O) groups is 1. The Balaban J connectivity index is 1.82. The van der Waals surface area contributed by atoms with Gasteiger partial charge in [0.15, 0.2) is 0 Å². The molecule has 3 rings (SSSR count). The summed E-state index contributed by atoms with van der Waals surface area (Å²) in [6.45, 7) is 9.56. The molecule has 4 heteroatoms. The molecule has 1 N–H and O–H groups in total. The van der Waals surface area contributed by atoms with Crippen LogP contribution < -0.4 is 5.32 Å². The molecule has 2 fully saturated rings. The average molecular weight is 306 g/mol. The van der Waals surface area contributed by atoms with Crippen LogP contribution in [0.15, 0.2) is 12.1 Å². The van der Waals surface area contributed by atoms with Crippen LogP contribution in [0.25, 0.3) is 0 Å². The minimum Gasteiger partial charge on any atom is -0.320 e. The van der Waals surface area contributed by atoms with Gasteiger partial charge in [-0.15, -0.1) is 11.3 Å². The number of rotatable bonds is 5. The molecular formula is C17H26N2OS. The van der Waals surface area contributed by atoms with Gasteiger partial charge in [0.1, 0.15) is 6.17 Å². The Hall–Kier alpha value is -0.870. The fourth-order valence-electron chi connectivity index (χ4n) is 3.27. The molecule has 1 aromatic rings. The predicted octanol–water partition coefficient (Wildman–Crippen LogP) is 3.56. The van der Waals surface area contributed by atoms with Crippen molar-refractivity contribution in [3.05, 3.63) is 21.9 Å². The van der Waals surface area contributed by atoms with E-state index in [4.69, 9.17) is 0 Å². The van der Waals surface area contributed by atoms with Crippen LogP contribution in [0.3, 0.4) is 0 Å². The van der Waals surface area contributed by atoms with Crippen LogP contribution >= 0.6 is 11.3 Å². The molecular weight excluding hydrogens is 280 g/mol. The van der Waals surface area contributed by atoms with Crippen molar-refractivity contribution in [1.29, 1.82) is 0 Å². The Morgan fingerprint density at radius 2 is 2.05 bits per heavy atom. The van der Waals surface area contributed by atoms with Crippen molar-refractivity contribution < 1.29 is 4.79 Å². The molecule has 3 nitrogen and oxygen atoms in total.